The topological polar surface area (TPSA) is 96.1 Å². The van der Waals surface area contributed by atoms with Crippen molar-refractivity contribution in [3.8, 4) is 5.75 Å². The Balaban J connectivity index is 1.59. The highest BCUT2D eigenvalue weighted by atomic mass is 19.1. The van der Waals surface area contributed by atoms with Crippen molar-refractivity contribution in [1.29, 1.82) is 0 Å². The van der Waals surface area contributed by atoms with Crippen LogP contribution in [-0.4, -0.2) is 58.6 Å². The molecule has 0 saturated carbocycles. The first-order valence-corrected chi connectivity index (χ1v) is 9.78. The van der Waals surface area contributed by atoms with Crippen molar-refractivity contribution in [1.82, 2.24) is 9.80 Å². The number of hydrogen-bond donors (Lipinski definition) is 2. The van der Waals surface area contributed by atoms with Gasteiger partial charge in [-0.25, -0.2) is 9.18 Å². The zero-order chi connectivity index (χ0) is 21.8. The fourth-order valence-corrected chi connectivity index (χ4v) is 3.61. The lowest BCUT2D eigenvalue weighted by atomic mass is 10.1. The molecule has 3 N–H and O–H groups in total. The molecule has 1 amide bonds. The maximum atomic E-state index is 13.1. The van der Waals surface area contributed by atoms with Crippen LogP contribution < -0.4 is 10.5 Å². The van der Waals surface area contributed by atoms with Crippen LogP contribution in [0.1, 0.15) is 29.8 Å². The van der Waals surface area contributed by atoms with Crippen LogP contribution in [0.3, 0.4) is 0 Å². The van der Waals surface area contributed by atoms with Gasteiger partial charge in [0.15, 0.2) is 6.61 Å². The molecule has 1 fully saturated rings. The van der Waals surface area contributed by atoms with E-state index in [1.807, 2.05) is 13.8 Å². The molecule has 0 radical (unpaired) electrons. The molecule has 0 bridgehead atoms. The second-order valence-electron chi connectivity index (χ2n) is 7.65. The molecule has 30 heavy (non-hydrogen) atoms. The second kappa shape index (κ2) is 9.13. The summed E-state index contributed by atoms with van der Waals surface area (Å²) in [5.41, 5.74) is 7.17. The number of carbonyl (C=O) groups excluding carboxylic acids is 1. The van der Waals surface area contributed by atoms with E-state index in [-0.39, 0.29) is 47.4 Å². The van der Waals surface area contributed by atoms with Crippen LogP contribution in [0.2, 0.25) is 0 Å². The standard InChI is InChI=1S/C22H26FN3O4/c1-14-11-26(15(2)10-25(14)12-16-3-6-18(23)7-4-16)21(27)13-30-20-9-17(22(28)29)5-8-19(20)24/h3-9,14-15H,10-13,24H2,1-2H3,(H,28,29). The predicted molar refractivity (Wildman–Crippen MR) is 111 cm³/mol. The summed E-state index contributed by atoms with van der Waals surface area (Å²) in [6.45, 7) is 5.70. The maximum Gasteiger partial charge on any atom is 0.335 e. The smallest absolute Gasteiger partial charge is 0.335 e. The number of amides is 1. The van der Waals surface area contributed by atoms with Crippen molar-refractivity contribution >= 4 is 17.6 Å². The van der Waals surface area contributed by atoms with E-state index in [0.717, 1.165) is 5.56 Å². The van der Waals surface area contributed by atoms with E-state index in [1.165, 1.54) is 30.3 Å². The number of nitrogen functional groups attached to an aromatic ring is 1. The highest BCUT2D eigenvalue weighted by Crippen LogP contribution is 2.24. The lowest BCUT2D eigenvalue weighted by Gasteiger charge is -2.44. The number of nitrogens with two attached hydrogens (primary N) is 1. The lowest BCUT2D eigenvalue weighted by Crippen LogP contribution is -2.58. The van der Waals surface area contributed by atoms with Gasteiger partial charge in [0, 0.05) is 31.7 Å². The highest BCUT2D eigenvalue weighted by molar-refractivity contribution is 5.89. The van der Waals surface area contributed by atoms with Gasteiger partial charge in [-0.3, -0.25) is 9.69 Å². The van der Waals surface area contributed by atoms with Gasteiger partial charge in [-0.1, -0.05) is 12.1 Å². The van der Waals surface area contributed by atoms with Gasteiger partial charge in [0.25, 0.3) is 5.91 Å². The molecule has 7 nitrogen and oxygen atoms in total. The zero-order valence-corrected chi connectivity index (χ0v) is 17.0. The number of benzene rings is 2. The summed E-state index contributed by atoms with van der Waals surface area (Å²) in [6, 6.07) is 10.7. The number of anilines is 1. The molecular weight excluding hydrogens is 389 g/mol. The Morgan fingerprint density at radius 3 is 2.50 bits per heavy atom. The van der Waals surface area contributed by atoms with Crippen LogP contribution in [-0.2, 0) is 11.3 Å². The van der Waals surface area contributed by atoms with Crippen LogP contribution in [0, 0.1) is 5.82 Å². The van der Waals surface area contributed by atoms with Crippen molar-refractivity contribution in [3.05, 3.63) is 59.4 Å². The fraction of sp³-hybridized carbons (Fsp3) is 0.364. The minimum absolute atomic E-state index is 0.0274. The molecule has 0 aliphatic carbocycles. The molecule has 2 atom stereocenters. The average Bonchev–Trinajstić information content (AvgIpc) is 2.71. The van der Waals surface area contributed by atoms with E-state index in [9.17, 15) is 14.0 Å². The highest BCUT2D eigenvalue weighted by Gasteiger charge is 2.32. The number of carbonyl (C=O) groups is 2. The van der Waals surface area contributed by atoms with Gasteiger partial charge in [0.05, 0.1) is 11.3 Å². The normalized spacial score (nSPS) is 19.5. The molecule has 1 heterocycles. The third-order valence-electron chi connectivity index (χ3n) is 5.35. The molecule has 1 aliphatic heterocycles. The van der Waals surface area contributed by atoms with Crippen LogP contribution in [0.5, 0.6) is 5.75 Å². The number of nitrogens with zero attached hydrogens (tertiary/aromatic N) is 2. The first-order valence-electron chi connectivity index (χ1n) is 9.78. The van der Waals surface area contributed by atoms with Gasteiger partial charge in [-0.05, 0) is 49.7 Å². The second-order valence-corrected chi connectivity index (χ2v) is 7.65. The zero-order valence-electron chi connectivity index (χ0n) is 17.0. The number of halogens is 1. The third kappa shape index (κ3) is 5.07. The van der Waals surface area contributed by atoms with Gasteiger partial charge >= 0.3 is 5.97 Å². The Bertz CT molecular complexity index is 919. The Kier molecular flexibility index (Phi) is 6.56. The summed E-state index contributed by atoms with van der Waals surface area (Å²) < 4.78 is 18.7. The van der Waals surface area contributed by atoms with E-state index in [1.54, 1.807) is 17.0 Å². The number of aromatic carboxylic acids is 1. The van der Waals surface area contributed by atoms with E-state index in [2.05, 4.69) is 4.90 Å². The number of carboxylic acids is 1. The third-order valence-corrected chi connectivity index (χ3v) is 5.35. The van der Waals surface area contributed by atoms with Crippen molar-refractivity contribution in [2.24, 2.45) is 0 Å². The van der Waals surface area contributed by atoms with E-state index in [0.29, 0.717) is 19.6 Å². The number of ether oxygens (including phenoxy) is 1. The first kappa shape index (κ1) is 21.6. The molecular formula is C22H26FN3O4. The predicted octanol–water partition coefficient (Wildman–Crippen LogP) is 2.61. The van der Waals surface area contributed by atoms with Crippen LogP contribution in [0.15, 0.2) is 42.5 Å². The van der Waals surface area contributed by atoms with E-state index < -0.39 is 5.97 Å². The van der Waals surface area contributed by atoms with Crippen molar-refractivity contribution in [3.63, 3.8) is 0 Å². The summed E-state index contributed by atoms with van der Waals surface area (Å²) >= 11 is 0. The Morgan fingerprint density at radius 2 is 1.83 bits per heavy atom. The maximum absolute atomic E-state index is 13.1. The summed E-state index contributed by atoms with van der Waals surface area (Å²) in [4.78, 5) is 27.9. The summed E-state index contributed by atoms with van der Waals surface area (Å²) in [5, 5.41) is 9.09. The molecule has 2 unspecified atom stereocenters. The molecule has 1 saturated heterocycles. The van der Waals surface area contributed by atoms with Crippen LogP contribution >= 0.6 is 0 Å². The summed E-state index contributed by atoms with van der Waals surface area (Å²) in [5.74, 6) is -1.36. The molecule has 2 aromatic carbocycles. The molecule has 8 heteroatoms. The average molecular weight is 415 g/mol. The monoisotopic (exact) mass is 415 g/mol. The van der Waals surface area contributed by atoms with E-state index >= 15 is 0 Å². The minimum atomic E-state index is -1.09. The molecule has 3 rings (SSSR count). The van der Waals surface area contributed by atoms with Crippen molar-refractivity contribution in [2.75, 3.05) is 25.4 Å². The van der Waals surface area contributed by atoms with E-state index in [4.69, 9.17) is 15.6 Å². The number of hydrogen-bond acceptors (Lipinski definition) is 5. The van der Waals surface area contributed by atoms with Crippen molar-refractivity contribution < 1.29 is 23.8 Å². The van der Waals surface area contributed by atoms with Crippen molar-refractivity contribution in [2.45, 2.75) is 32.5 Å². The number of carboxylic acid groups (broad SMARTS) is 1. The van der Waals surface area contributed by atoms with Gasteiger partial charge in [-0.15, -0.1) is 0 Å². The Hall–Kier alpha value is -3.13. The fourth-order valence-electron chi connectivity index (χ4n) is 3.61. The Morgan fingerprint density at radius 1 is 1.13 bits per heavy atom. The number of piperazine rings is 1. The molecule has 0 spiro atoms. The molecule has 160 valence electrons. The summed E-state index contributed by atoms with van der Waals surface area (Å²) in [6.07, 6.45) is 0. The SMILES string of the molecule is CC1CN(C(=O)COc2cc(C(=O)O)ccc2N)C(C)CN1Cc1ccc(F)cc1. The van der Waals surface area contributed by atoms with Gasteiger partial charge in [-0.2, -0.15) is 0 Å². The lowest BCUT2D eigenvalue weighted by molar-refractivity contribution is -0.139. The first-order chi connectivity index (χ1) is 14.2. The van der Waals surface area contributed by atoms with Gasteiger partial charge in [0.2, 0.25) is 0 Å². The molecule has 0 aromatic heterocycles. The molecule has 1 aliphatic rings. The largest absolute Gasteiger partial charge is 0.482 e. The number of rotatable bonds is 6. The quantitative estimate of drug-likeness (QED) is 0.704. The van der Waals surface area contributed by atoms with Gasteiger partial charge < -0.3 is 20.5 Å². The van der Waals surface area contributed by atoms with Crippen LogP contribution in [0.4, 0.5) is 10.1 Å². The Labute approximate surface area is 174 Å². The van der Waals surface area contributed by atoms with Crippen LogP contribution in [0.25, 0.3) is 0 Å². The summed E-state index contributed by atoms with van der Waals surface area (Å²) in [7, 11) is 0. The minimum Gasteiger partial charge on any atom is -0.482 e. The molecule has 2 aromatic rings. The van der Waals surface area contributed by atoms with Gasteiger partial charge in [0.1, 0.15) is 11.6 Å².